The number of carbonyl (C=O) groups is 1. The summed E-state index contributed by atoms with van der Waals surface area (Å²) in [6, 6.07) is 15.5. The summed E-state index contributed by atoms with van der Waals surface area (Å²) in [7, 11) is 0. The van der Waals surface area contributed by atoms with Gasteiger partial charge in [-0.05, 0) is 66.0 Å². The fourth-order valence-corrected chi connectivity index (χ4v) is 3.19. The molecule has 0 aliphatic carbocycles. The van der Waals surface area contributed by atoms with E-state index in [1.54, 1.807) is 10.9 Å². The minimum atomic E-state index is -0.262. The SMILES string of the molecule is CCOc1cc(C=NNC(=O)Cn2nc(C)c(Br)c2C)ccc1OCc1ccccc1. The van der Waals surface area contributed by atoms with Gasteiger partial charge in [-0.25, -0.2) is 5.43 Å². The van der Waals surface area contributed by atoms with Gasteiger partial charge in [0.05, 0.1) is 28.7 Å². The summed E-state index contributed by atoms with van der Waals surface area (Å²) < 4.78 is 14.2. The van der Waals surface area contributed by atoms with Crippen LogP contribution in [0.2, 0.25) is 0 Å². The van der Waals surface area contributed by atoms with Crippen LogP contribution in [-0.4, -0.2) is 28.5 Å². The number of nitrogens with one attached hydrogen (secondary N) is 1. The van der Waals surface area contributed by atoms with Crippen molar-refractivity contribution in [3.05, 3.63) is 75.5 Å². The molecule has 0 saturated carbocycles. The summed E-state index contributed by atoms with van der Waals surface area (Å²) in [6.07, 6.45) is 1.57. The zero-order valence-electron chi connectivity index (χ0n) is 17.8. The minimum absolute atomic E-state index is 0.0894. The van der Waals surface area contributed by atoms with Gasteiger partial charge in [0.1, 0.15) is 13.2 Å². The summed E-state index contributed by atoms with van der Waals surface area (Å²) in [6.45, 7) is 6.75. The summed E-state index contributed by atoms with van der Waals surface area (Å²) in [5.41, 5.74) is 6.12. The molecule has 0 fully saturated rings. The van der Waals surface area contributed by atoms with Crippen molar-refractivity contribution in [2.24, 2.45) is 5.10 Å². The Labute approximate surface area is 190 Å². The fourth-order valence-electron chi connectivity index (χ4n) is 2.91. The Morgan fingerprint density at radius 1 is 1.16 bits per heavy atom. The molecular formula is C23H25BrN4O3. The van der Waals surface area contributed by atoms with E-state index in [1.807, 2.05) is 69.3 Å². The van der Waals surface area contributed by atoms with Crippen LogP contribution in [0, 0.1) is 13.8 Å². The Morgan fingerprint density at radius 2 is 1.94 bits per heavy atom. The molecule has 3 aromatic rings. The molecule has 162 valence electrons. The van der Waals surface area contributed by atoms with Crippen molar-refractivity contribution in [1.29, 1.82) is 0 Å². The number of aromatic nitrogens is 2. The zero-order chi connectivity index (χ0) is 22.2. The first-order valence-corrected chi connectivity index (χ1v) is 10.7. The highest BCUT2D eigenvalue weighted by Gasteiger charge is 2.11. The number of amides is 1. The fraction of sp³-hybridized carbons (Fsp3) is 0.261. The van der Waals surface area contributed by atoms with Crippen LogP contribution in [0.1, 0.15) is 29.4 Å². The predicted molar refractivity (Wildman–Crippen MR) is 124 cm³/mol. The van der Waals surface area contributed by atoms with Crippen LogP contribution in [0.3, 0.4) is 0 Å². The van der Waals surface area contributed by atoms with Gasteiger partial charge < -0.3 is 9.47 Å². The van der Waals surface area contributed by atoms with Crippen molar-refractivity contribution in [2.75, 3.05) is 6.61 Å². The van der Waals surface area contributed by atoms with E-state index >= 15 is 0 Å². The second-order valence-corrected chi connectivity index (χ2v) is 7.64. The molecule has 1 N–H and O–H groups in total. The van der Waals surface area contributed by atoms with Crippen LogP contribution in [0.4, 0.5) is 0 Å². The number of aryl methyl sites for hydroxylation is 1. The quantitative estimate of drug-likeness (QED) is 0.360. The molecule has 7 nitrogen and oxygen atoms in total. The number of ether oxygens (including phenoxy) is 2. The molecule has 2 aromatic carbocycles. The lowest BCUT2D eigenvalue weighted by Crippen LogP contribution is -2.24. The molecule has 0 bridgehead atoms. The molecule has 0 spiro atoms. The maximum atomic E-state index is 12.2. The molecule has 1 amide bonds. The summed E-state index contributed by atoms with van der Waals surface area (Å²) >= 11 is 3.46. The van der Waals surface area contributed by atoms with Crippen LogP contribution in [0.25, 0.3) is 0 Å². The van der Waals surface area contributed by atoms with Crippen molar-refractivity contribution in [3.8, 4) is 11.5 Å². The van der Waals surface area contributed by atoms with Gasteiger partial charge in [0.2, 0.25) is 0 Å². The molecule has 1 heterocycles. The van der Waals surface area contributed by atoms with E-state index in [2.05, 4.69) is 31.6 Å². The largest absolute Gasteiger partial charge is 0.490 e. The van der Waals surface area contributed by atoms with Crippen molar-refractivity contribution in [3.63, 3.8) is 0 Å². The second kappa shape index (κ2) is 10.8. The Hall–Kier alpha value is -3.13. The molecule has 8 heteroatoms. The number of hydrogen-bond acceptors (Lipinski definition) is 5. The third-order valence-corrected chi connectivity index (χ3v) is 5.64. The molecule has 0 unspecified atom stereocenters. The Kier molecular flexibility index (Phi) is 7.83. The van der Waals surface area contributed by atoms with Gasteiger partial charge in [-0.1, -0.05) is 30.3 Å². The monoisotopic (exact) mass is 484 g/mol. The molecular weight excluding hydrogens is 460 g/mol. The van der Waals surface area contributed by atoms with Gasteiger partial charge in [-0.2, -0.15) is 10.2 Å². The van der Waals surface area contributed by atoms with Crippen LogP contribution in [0.5, 0.6) is 11.5 Å². The third-order valence-electron chi connectivity index (χ3n) is 4.49. The Bertz CT molecular complexity index is 1060. The van der Waals surface area contributed by atoms with Crippen molar-refractivity contribution in [2.45, 2.75) is 33.9 Å². The molecule has 0 aliphatic rings. The highest BCUT2D eigenvalue weighted by atomic mass is 79.9. The van der Waals surface area contributed by atoms with E-state index in [0.717, 1.165) is 27.0 Å². The average Bonchev–Trinajstić information content (AvgIpc) is 3.00. The van der Waals surface area contributed by atoms with E-state index in [-0.39, 0.29) is 12.5 Å². The maximum absolute atomic E-state index is 12.2. The molecule has 31 heavy (non-hydrogen) atoms. The lowest BCUT2D eigenvalue weighted by molar-refractivity contribution is -0.121. The summed E-state index contributed by atoms with van der Waals surface area (Å²) in [5.74, 6) is 1.02. The Balaban J connectivity index is 1.61. The van der Waals surface area contributed by atoms with Gasteiger partial charge in [0, 0.05) is 0 Å². The first-order chi connectivity index (χ1) is 15.0. The first kappa shape index (κ1) is 22.6. The normalized spacial score (nSPS) is 11.0. The number of hydrogen-bond donors (Lipinski definition) is 1. The van der Waals surface area contributed by atoms with Crippen LogP contribution < -0.4 is 14.9 Å². The van der Waals surface area contributed by atoms with E-state index in [9.17, 15) is 4.79 Å². The molecule has 0 radical (unpaired) electrons. The number of nitrogens with zero attached hydrogens (tertiary/aromatic N) is 3. The van der Waals surface area contributed by atoms with Gasteiger partial charge in [-0.15, -0.1) is 0 Å². The zero-order valence-corrected chi connectivity index (χ0v) is 19.3. The van der Waals surface area contributed by atoms with Gasteiger partial charge >= 0.3 is 0 Å². The van der Waals surface area contributed by atoms with Gasteiger partial charge in [0.25, 0.3) is 5.91 Å². The number of carbonyl (C=O) groups excluding carboxylic acids is 1. The minimum Gasteiger partial charge on any atom is -0.490 e. The van der Waals surface area contributed by atoms with E-state index in [4.69, 9.17) is 9.47 Å². The standard InChI is InChI=1S/C23H25BrN4O3/c1-4-30-21-12-19(10-11-20(21)31-15-18-8-6-5-7-9-18)13-25-26-22(29)14-28-17(3)23(24)16(2)27-28/h5-13H,4,14-15H2,1-3H3,(H,26,29). The van der Waals surface area contributed by atoms with Gasteiger partial charge in [-0.3, -0.25) is 9.48 Å². The lowest BCUT2D eigenvalue weighted by atomic mass is 10.2. The third kappa shape index (κ3) is 6.18. The van der Waals surface area contributed by atoms with E-state index < -0.39 is 0 Å². The number of rotatable bonds is 9. The van der Waals surface area contributed by atoms with Gasteiger partial charge in [0.15, 0.2) is 11.5 Å². The molecule has 1 aromatic heterocycles. The number of halogens is 1. The molecule has 0 saturated heterocycles. The molecule has 0 atom stereocenters. The van der Waals surface area contributed by atoms with E-state index in [1.165, 1.54) is 0 Å². The molecule has 0 aliphatic heterocycles. The van der Waals surface area contributed by atoms with Crippen molar-refractivity contribution >= 4 is 28.1 Å². The Morgan fingerprint density at radius 3 is 2.61 bits per heavy atom. The highest BCUT2D eigenvalue weighted by Crippen LogP contribution is 2.29. The highest BCUT2D eigenvalue weighted by molar-refractivity contribution is 9.10. The number of benzene rings is 2. The molecule has 3 rings (SSSR count). The van der Waals surface area contributed by atoms with Crippen molar-refractivity contribution in [1.82, 2.24) is 15.2 Å². The summed E-state index contributed by atoms with van der Waals surface area (Å²) in [5, 5.41) is 8.37. The predicted octanol–water partition coefficient (Wildman–Crippen LogP) is 4.39. The topological polar surface area (TPSA) is 77.7 Å². The smallest absolute Gasteiger partial charge is 0.261 e. The number of hydrazone groups is 1. The first-order valence-electron chi connectivity index (χ1n) is 9.93. The van der Waals surface area contributed by atoms with Crippen molar-refractivity contribution < 1.29 is 14.3 Å². The lowest BCUT2D eigenvalue weighted by Gasteiger charge is -2.12. The van der Waals surface area contributed by atoms with Crippen LogP contribution >= 0.6 is 15.9 Å². The van der Waals surface area contributed by atoms with E-state index in [0.29, 0.717) is 24.7 Å². The average molecular weight is 485 g/mol. The maximum Gasteiger partial charge on any atom is 0.261 e. The second-order valence-electron chi connectivity index (χ2n) is 6.85. The summed E-state index contributed by atoms with van der Waals surface area (Å²) in [4.78, 5) is 12.2. The van der Waals surface area contributed by atoms with Crippen LogP contribution in [-0.2, 0) is 17.9 Å². The van der Waals surface area contributed by atoms with Crippen LogP contribution in [0.15, 0.2) is 58.1 Å².